The first-order valence-electron chi connectivity index (χ1n) is 7.95. The number of nitrogens with one attached hydrogen (secondary N) is 1. The van der Waals surface area contributed by atoms with Crippen LogP contribution in [-0.2, 0) is 23.0 Å². The molecule has 1 aliphatic rings. The average Bonchev–Trinajstić information content (AvgIpc) is 2.61. The average molecular weight is 344 g/mol. The van der Waals surface area contributed by atoms with E-state index < -0.39 is 10.0 Å². The van der Waals surface area contributed by atoms with Crippen LogP contribution < -0.4 is 4.72 Å². The number of amides is 1. The Morgan fingerprint density at radius 2 is 1.88 bits per heavy atom. The molecule has 1 N–H and O–H groups in total. The molecule has 0 unspecified atom stereocenters. The molecule has 0 saturated carbocycles. The summed E-state index contributed by atoms with van der Waals surface area (Å²) >= 11 is 0. The molecular formula is C18H20N2O3S. The molecule has 0 atom stereocenters. The van der Waals surface area contributed by atoms with E-state index in [1.54, 1.807) is 17.9 Å². The quantitative estimate of drug-likeness (QED) is 0.927. The maximum absolute atomic E-state index is 12.6. The normalized spacial score (nSPS) is 14.1. The lowest BCUT2D eigenvalue weighted by Gasteiger charge is -2.29. The smallest absolute Gasteiger partial charge is 0.254 e. The van der Waals surface area contributed by atoms with Gasteiger partial charge >= 0.3 is 0 Å². The van der Waals surface area contributed by atoms with Crippen LogP contribution >= 0.6 is 0 Å². The van der Waals surface area contributed by atoms with Gasteiger partial charge < -0.3 is 4.90 Å². The van der Waals surface area contributed by atoms with Crippen LogP contribution in [-0.4, -0.2) is 31.5 Å². The standard InChI is InChI=1S/C18H20N2O3S/c1-2-24(22,23)19-17-9-8-14-10-11-20(13-16(14)12-17)18(21)15-6-4-3-5-7-15/h3-9,12,19H,2,10-11,13H2,1H3. The molecule has 0 spiro atoms. The molecule has 0 bridgehead atoms. The second-order valence-corrected chi connectivity index (χ2v) is 7.84. The first kappa shape index (κ1) is 16.5. The summed E-state index contributed by atoms with van der Waals surface area (Å²) in [5, 5.41) is 0. The maximum atomic E-state index is 12.6. The van der Waals surface area contributed by atoms with E-state index in [1.165, 1.54) is 0 Å². The van der Waals surface area contributed by atoms with Gasteiger partial charge in [0, 0.05) is 24.3 Å². The van der Waals surface area contributed by atoms with E-state index in [-0.39, 0.29) is 11.7 Å². The second kappa shape index (κ2) is 6.65. The van der Waals surface area contributed by atoms with E-state index >= 15 is 0 Å². The molecule has 1 heterocycles. The van der Waals surface area contributed by atoms with Gasteiger partial charge in [0.25, 0.3) is 5.91 Å². The molecule has 0 radical (unpaired) electrons. The molecule has 6 heteroatoms. The fourth-order valence-corrected chi connectivity index (χ4v) is 3.44. The predicted octanol–water partition coefficient (Wildman–Crippen LogP) is 2.65. The number of carbonyl (C=O) groups is 1. The lowest BCUT2D eigenvalue weighted by Crippen LogP contribution is -2.36. The fraction of sp³-hybridized carbons (Fsp3) is 0.278. The highest BCUT2D eigenvalue weighted by atomic mass is 32.2. The lowest BCUT2D eigenvalue weighted by molar-refractivity contribution is 0.0734. The van der Waals surface area contributed by atoms with Crippen LogP contribution in [0.2, 0.25) is 0 Å². The monoisotopic (exact) mass is 344 g/mol. The van der Waals surface area contributed by atoms with Crippen LogP contribution in [0.3, 0.4) is 0 Å². The van der Waals surface area contributed by atoms with Gasteiger partial charge in [-0.15, -0.1) is 0 Å². The summed E-state index contributed by atoms with van der Waals surface area (Å²) in [6.45, 7) is 2.76. The molecule has 0 saturated heterocycles. The third-order valence-corrected chi connectivity index (χ3v) is 5.49. The molecule has 2 aromatic rings. The fourth-order valence-electron chi connectivity index (χ4n) is 2.81. The highest BCUT2D eigenvalue weighted by Gasteiger charge is 2.22. The summed E-state index contributed by atoms with van der Waals surface area (Å²) < 4.78 is 26.0. The van der Waals surface area contributed by atoms with E-state index in [0.29, 0.717) is 24.3 Å². The number of rotatable bonds is 4. The number of nitrogens with zero attached hydrogens (tertiary/aromatic N) is 1. The van der Waals surface area contributed by atoms with Crippen molar-refractivity contribution >= 4 is 21.6 Å². The van der Waals surface area contributed by atoms with Gasteiger partial charge in [-0.1, -0.05) is 24.3 Å². The third kappa shape index (κ3) is 3.59. The van der Waals surface area contributed by atoms with Crippen LogP contribution in [0.15, 0.2) is 48.5 Å². The Hall–Kier alpha value is -2.34. The lowest BCUT2D eigenvalue weighted by atomic mass is 9.98. The summed E-state index contributed by atoms with van der Waals surface area (Å²) in [4.78, 5) is 14.4. The molecule has 1 aliphatic heterocycles. The summed E-state index contributed by atoms with van der Waals surface area (Å²) in [6.07, 6.45) is 0.773. The SMILES string of the molecule is CCS(=O)(=O)Nc1ccc2c(c1)CN(C(=O)c1ccccc1)CC2. The highest BCUT2D eigenvalue weighted by Crippen LogP contribution is 2.24. The summed E-state index contributed by atoms with van der Waals surface area (Å²) in [5.74, 6) is 0.0312. The van der Waals surface area contributed by atoms with Gasteiger partial charge in [0.15, 0.2) is 0 Å². The second-order valence-electron chi connectivity index (χ2n) is 5.83. The van der Waals surface area contributed by atoms with Gasteiger partial charge in [0.1, 0.15) is 0 Å². The predicted molar refractivity (Wildman–Crippen MR) is 94.4 cm³/mol. The number of hydrogen-bond acceptors (Lipinski definition) is 3. The Labute approximate surface area is 142 Å². The Morgan fingerprint density at radius 3 is 2.58 bits per heavy atom. The van der Waals surface area contributed by atoms with Crippen LogP contribution in [0.5, 0.6) is 0 Å². The van der Waals surface area contributed by atoms with E-state index in [4.69, 9.17) is 0 Å². The molecule has 2 aromatic carbocycles. The Kier molecular flexibility index (Phi) is 4.57. The van der Waals surface area contributed by atoms with Crippen molar-refractivity contribution in [2.45, 2.75) is 19.9 Å². The van der Waals surface area contributed by atoms with Gasteiger partial charge in [-0.3, -0.25) is 9.52 Å². The van der Waals surface area contributed by atoms with Gasteiger partial charge in [0.2, 0.25) is 10.0 Å². The first-order chi connectivity index (χ1) is 11.5. The topological polar surface area (TPSA) is 66.5 Å². The number of carbonyl (C=O) groups excluding carboxylic acids is 1. The van der Waals surface area contributed by atoms with E-state index in [1.807, 2.05) is 42.5 Å². The van der Waals surface area contributed by atoms with Crippen molar-refractivity contribution in [3.05, 3.63) is 65.2 Å². The number of fused-ring (bicyclic) bond motifs is 1. The molecular weight excluding hydrogens is 324 g/mol. The zero-order chi connectivity index (χ0) is 17.2. The van der Waals surface area contributed by atoms with Crippen molar-refractivity contribution in [3.63, 3.8) is 0 Å². The number of anilines is 1. The molecule has 1 amide bonds. The zero-order valence-electron chi connectivity index (χ0n) is 13.5. The Morgan fingerprint density at radius 1 is 1.12 bits per heavy atom. The van der Waals surface area contributed by atoms with Crippen molar-refractivity contribution < 1.29 is 13.2 Å². The van der Waals surface area contributed by atoms with E-state index in [9.17, 15) is 13.2 Å². The zero-order valence-corrected chi connectivity index (χ0v) is 14.3. The molecule has 3 rings (SSSR count). The highest BCUT2D eigenvalue weighted by molar-refractivity contribution is 7.92. The minimum absolute atomic E-state index is 0.000733. The van der Waals surface area contributed by atoms with Crippen molar-refractivity contribution in [3.8, 4) is 0 Å². The van der Waals surface area contributed by atoms with Crippen molar-refractivity contribution in [1.29, 1.82) is 0 Å². The van der Waals surface area contributed by atoms with Gasteiger partial charge in [-0.25, -0.2) is 8.42 Å². The third-order valence-electron chi connectivity index (χ3n) is 4.18. The molecule has 5 nitrogen and oxygen atoms in total. The molecule has 0 aliphatic carbocycles. The van der Waals surface area contributed by atoms with Crippen LogP contribution in [0, 0.1) is 0 Å². The molecule has 0 aromatic heterocycles. The molecule has 24 heavy (non-hydrogen) atoms. The number of benzene rings is 2. The van der Waals surface area contributed by atoms with E-state index in [0.717, 1.165) is 17.5 Å². The Bertz CT molecular complexity index is 848. The van der Waals surface area contributed by atoms with Crippen LogP contribution in [0.1, 0.15) is 28.4 Å². The largest absolute Gasteiger partial charge is 0.334 e. The van der Waals surface area contributed by atoms with Crippen molar-refractivity contribution in [2.75, 3.05) is 17.0 Å². The van der Waals surface area contributed by atoms with Crippen LogP contribution in [0.25, 0.3) is 0 Å². The maximum Gasteiger partial charge on any atom is 0.254 e. The Balaban J connectivity index is 1.80. The minimum Gasteiger partial charge on any atom is -0.334 e. The van der Waals surface area contributed by atoms with E-state index in [2.05, 4.69) is 4.72 Å². The van der Waals surface area contributed by atoms with Gasteiger partial charge in [0.05, 0.1) is 5.75 Å². The van der Waals surface area contributed by atoms with Crippen LogP contribution in [0.4, 0.5) is 5.69 Å². The minimum atomic E-state index is -3.30. The molecule has 126 valence electrons. The van der Waals surface area contributed by atoms with Crippen molar-refractivity contribution in [2.24, 2.45) is 0 Å². The van der Waals surface area contributed by atoms with Gasteiger partial charge in [-0.2, -0.15) is 0 Å². The first-order valence-corrected chi connectivity index (χ1v) is 9.60. The number of sulfonamides is 1. The summed E-state index contributed by atoms with van der Waals surface area (Å²) in [5.41, 5.74) is 3.36. The van der Waals surface area contributed by atoms with Gasteiger partial charge in [-0.05, 0) is 48.7 Å². The summed E-state index contributed by atoms with van der Waals surface area (Å²) in [7, 11) is -3.30. The van der Waals surface area contributed by atoms with Crippen molar-refractivity contribution in [1.82, 2.24) is 4.90 Å². The molecule has 0 fully saturated rings. The summed E-state index contributed by atoms with van der Waals surface area (Å²) in [6, 6.07) is 14.7. The number of hydrogen-bond donors (Lipinski definition) is 1.